The number of pyridine rings is 2. The first kappa shape index (κ1) is 29.5. The number of aromatic carboxylic acids is 1. The fourth-order valence-corrected chi connectivity index (χ4v) is 5.66. The van der Waals surface area contributed by atoms with Gasteiger partial charge in [0, 0.05) is 38.4 Å². The van der Waals surface area contributed by atoms with Crippen LogP contribution in [0, 0.1) is 11.6 Å². The van der Waals surface area contributed by atoms with Gasteiger partial charge >= 0.3 is 12.1 Å². The summed E-state index contributed by atoms with van der Waals surface area (Å²) in [4.78, 5) is 55.4. The number of fused-ring (bicyclic) bond motifs is 1. The van der Waals surface area contributed by atoms with Crippen LogP contribution in [0.15, 0.2) is 35.3 Å². The zero-order valence-corrected chi connectivity index (χ0v) is 24.0. The van der Waals surface area contributed by atoms with E-state index in [4.69, 9.17) is 14.2 Å². The van der Waals surface area contributed by atoms with Crippen LogP contribution in [0.3, 0.4) is 0 Å². The Balaban J connectivity index is 1.22. The maximum absolute atomic E-state index is 15.4. The number of methoxy groups -OCH3 is 1. The van der Waals surface area contributed by atoms with Crippen molar-refractivity contribution in [1.29, 1.82) is 0 Å². The van der Waals surface area contributed by atoms with Crippen molar-refractivity contribution in [1.82, 2.24) is 9.55 Å². The van der Waals surface area contributed by atoms with Crippen LogP contribution in [-0.2, 0) is 14.3 Å². The quantitative estimate of drug-likeness (QED) is 0.361. The van der Waals surface area contributed by atoms with E-state index < -0.39 is 53.0 Å². The summed E-state index contributed by atoms with van der Waals surface area (Å²) in [5.74, 6) is -3.12. The third kappa shape index (κ3) is 5.56. The Labute approximate surface area is 249 Å². The number of nitrogens with zero attached hydrogens (tertiary/aromatic N) is 4. The van der Waals surface area contributed by atoms with Gasteiger partial charge in [-0.25, -0.2) is 23.4 Å². The molecule has 4 heterocycles. The smallest absolute Gasteiger partial charge is 0.414 e. The first-order valence-corrected chi connectivity index (χ1v) is 14.2. The highest BCUT2D eigenvalue weighted by atomic mass is 19.1. The fourth-order valence-electron chi connectivity index (χ4n) is 5.66. The maximum Gasteiger partial charge on any atom is 0.414 e. The fraction of sp³-hybridized carbons (Fsp3) is 0.433. The Hall–Kier alpha value is -4.59. The van der Waals surface area contributed by atoms with Crippen molar-refractivity contribution >= 4 is 40.4 Å². The van der Waals surface area contributed by atoms with E-state index in [9.17, 15) is 24.3 Å². The molecule has 12 nitrogen and oxygen atoms in total. The van der Waals surface area contributed by atoms with E-state index in [-0.39, 0.29) is 66.2 Å². The largest absolute Gasteiger partial charge is 0.483 e. The Morgan fingerprint density at radius 2 is 1.84 bits per heavy atom. The molecule has 3 aliphatic rings. The Morgan fingerprint density at radius 3 is 2.50 bits per heavy atom. The van der Waals surface area contributed by atoms with Gasteiger partial charge in [0.15, 0.2) is 23.2 Å². The number of hydrogen-bond donors (Lipinski definition) is 1. The first-order valence-electron chi connectivity index (χ1n) is 14.2. The lowest BCUT2D eigenvalue weighted by Crippen LogP contribution is -2.32. The zero-order chi connectivity index (χ0) is 31.3. The molecular formula is C30H30F2N4O8. The summed E-state index contributed by atoms with van der Waals surface area (Å²) in [5, 5.41) is 9.36. The van der Waals surface area contributed by atoms with Gasteiger partial charge in [0.25, 0.3) is 0 Å². The molecule has 232 valence electrons. The van der Waals surface area contributed by atoms with Crippen LogP contribution in [0.2, 0.25) is 0 Å². The Kier molecular flexibility index (Phi) is 7.70. The van der Waals surface area contributed by atoms with Crippen molar-refractivity contribution < 1.29 is 42.5 Å². The van der Waals surface area contributed by atoms with Crippen molar-refractivity contribution in [2.75, 3.05) is 36.5 Å². The standard InChI is InChI=1S/C30H30F2N4O8/c1-15(37)3-7-18-11-36(30(41)43-18)17-6-8-23(21(31)9-17)44-25-14-34(13-24(25)42-2)28-22(32)10-19-26(38)20(29(39)40)12-35(16-4-5-16)27(19)33-28/h6,8-10,12,16,18,24-25H,3-5,7,11,13-14H2,1-2H3,(H,39,40)/t18-,24-,25-/m0/s1. The number of ether oxygens (including phenoxy) is 3. The molecule has 14 heteroatoms. The highest BCUT2D eigenvalue weighted by Gasteiger charge is 2.38. The van der Waals surface area contributed by atoms with Crippen molar-refractivity contribution in [2.45, 2.75) is 57.0 Å². The average Bonchev–Trinajstić information content (AvgIpc) is 3.64. The van der Waals surface area contributed by atoms with Gasteiger partial charge in [-0.05, 0) is 44.4 Å². The van der Waals surface area contributed by atoms with Gasteiger partial charge in [-0.3, -0.25) is 9.69 Å². The molecule has 1 aliphatic carbocycles. The molecule has 1 amide bonds. The molecule has 1 aromatic carbocycles. The average molecular weight is 613 g/mol. The molecule has 1 N–H and O–H groups in total. The van der Waals surface area contributed by atoms with Gasteiger partial charge in [-0.2, -0.15) is 0 Å². The number of carbonyl (C=O) groups is 3. The van der Waals surface area contributed by atoms with Gasteiger partial charge in [0.1, 0.15) is 35.3 Å². The Bertz CT molecular complexity index is 1730. The number of carbonyl (C=O) groups excluding carboxylic acids is 2. The molecule has 3 atom stereocenters. The minimum absolute atomic E-state index is 0.0150. The molecule has 0 spiro atoms. The highest BCUT2D eigenvalue weighted by Crippen LogP contribution is 2.38. The van der Waals surface area contributed by atoms with Crippen molar-refractivity contribution in [2.24, 2.45) is 0 Å². The van der Waals surface area contributed by atoms with Crippen LogP contribution in [0.4, 0.5) is 25.1 Å². The summed E-state index contributed by atoms with van der Waals surface area (Å²) in [6, 6.07) is 5.04. The van der Waals surface area contributed by atoms with E-state index in [1.165, 1.54) is 37.3 Å². The van der Waals surface area contributed by atoms with Gasteiger partial charge in [0.2, 0.25) is 5.43 Å². The molecule has 3 fully saturated rings. The number of rotatable bonds is 10. The van der Waals surface area contributed by atoms with Gasteiger partial charge in [-0.1, -0.05) is 0 Å². The normalized spacial score (nSPS) is 21.6. The van der Waals surface area contributed by atoms with Crippen LogP contribution in [-0.4, -0.2) is 77.6 Å². The number of aromatic nitrogens is 2. The minimum Gasteiger partial charge on any atom is -0.483 e. The third-order valence-corrected chi connectivity index (χ3v) is 8.13. The van der Waals surface area contributed by atoms with Crippen molar-refractivity contribution in [3.05, 3.63) is 57.9 Å². The van der Waals surface area contributed by atoms with E-state index in [2.05, 4.69) is 4.98 Å². The van der Waals surface area contributed by atoms with Crippen LogP contribution in [0.25, 0.3) is 11.0 Å². The molecule has 2 saturated heterocycles. The van der Waals surface area contributed by atoms with E-state index in [1.807, 2.05) is 0 Å². The van der Waals surface area contributed by atoms with Crippen LogP contribution in [0.5, 0.6) is 5.75 Å². The first-order chi connectivity index (χ1) is 21.0. The number of Topliss-reactive ketones (excluding diaryl/α,β-unsaturated/α-hetero) is 1. The number of carboxylic acid groups (broad SMARTS) is 1. The predicted molar refractivity (Wildman–Crippen MR) is 153 cm³/mol. The monoisotopic (exact) mass is 612 g/mol. The SMILES string of the molecule is CO[C@H]1CN(c2nc3c(cc2F)c(=O)c(C(=O)O)cn3C2CC2)C[C@@H]1Oc1ccc(N2C[C@H](CCC(C)=O)OC2=O)cc1F. The van der Waals surface area contributed by atoms with Crippen LogP contribution < -0.4 is 20.0 Å². The van der Waals surface area contributed by atoms with Crippen molar-refractivity contribution in [3.8, 4) is 5.75 Å². The van der Waals surface area contributed by atoms with Crippen molar-refractivity contribution in [3.63, 3.8) is 0 Å². The summed E-state index contributed by atoms with van der Waals surface area (Å²) >= 11 is 0. The van der Waals surface area contributed by atoms with E-state index in [0.717, 1.165) is 25.0 Å². The Morgan fingerprint density at radius 1 is 1.09 bits per heavy atom. The lowest BCUT2D eigenvalue weighted by atomic mass is 10.1. The molecule has 3 aromatic rings. The molecule has 0 radical (unpaired) electrons. The maximum atomic E-state index is 15.4. The second kappa shape index (κ2) is 11.5. The molecule has 0 bridgehead atoms. The lowest BCUT2D eigenvalue weighted by Gasteiger charge is -2.21. The van der Waals surface area contributed by atoms with Gasteiger partial charge < -0.3 is 33.6 Å². The number of carboxylic acids is 1. The van der Waals surface area contributed by atoms with E-state index in [1.54, 1.807) is 9.47 Å². The summed E-state index contributed by atoms with van der Waals surface area (Å²) in [6.07, 6.45) is 1.04. The second-order valence-corrected chi connectivity index (χ2v) is 11.3. The van der Waals surface area contributed by atoms with Gasteiger partial charge in [0.05, 0.1) is 24.2 Å². The predicted octanol–water partition coefficient (Wildman–Crippen LogP) is 3.68. The number of amides is 1. The molecule has 0 unspecified atom stereocenters. The minimum atomic E-state index is -1.40. The topological polar surface area (TPSA) is 140 Å². The second-order valence-electron chi connectivity index (χ2n) is 11.3. The molecule has 6 rings (SSSR count). The number of cyclic esters (lactones) is 1. The molecular weight excluding hydrogens is 582 g/mol. The summed E-state index contributed by atoms with van der Waals surface area (Å²) in [6.45, 7) is 1.87. The highest BCUT2D eigenvalue weighted by molar-refractivity contribution is 5.92. The van der Waals surface area contributed by atoms with Crippen LogP contribution >= 0.6 is 0 Å². The number of benzene rings is 1. The van der Waals surface area contributed by atoms with Gasteiger partial charge in [-0.15, -0.1) is 0 Å². The van der Waals surface area contributed by atoms with E-state index in [0.29, 0.717) is 6.42 Å². The summed E-state index contributed by atoms with van der Waals surface area (Å²) < 4.78 is 49.1. The van der Waals surface area contributed by atoms with E-state index >= 15 is 8.78 Å². The molecule has 44 heavy (non-hydrogen) atoms. The summed E-state index contributed by atoms with van der Waals surface area (Å²) in [5.41, 5.74) is -0.804. The lowest BCUT2D eigenvalue weighted by molar-refractivity contribution is -0.117. The zero-order valence-electron chi connectivity index (χ0n) is 24.0. The number of ketones is 1. The molecule has 2 aliphatic heterocycles. The number of halogens is 2. The third-order valence-electron chi connectivity index (χ3n) is 8.13. The van der Waals surface area contributed by atoms with Crippen LogP contribution in [0.1, 0.15) is 49.0 Å². The summed E-state index contributed by atoms with van der Waals surface area (Å²) in [7, 11) is 1.45. The number of anilines is 2. The molecule has 1 saturated carbocycles. The molecule has 2 aromatic heterocycles. The number of hydrogen-bond acceptors (Lipinski definition) is 9.